The number of nitrogens with zero attached hydrogens (tertiary/aromatic N) is 6. The molecule has 12 nitrogen and oxygen atoms in total. The number of hydrogen-bond acceptors (Lipinski definition) is 8. The molecule has 0 saturated heterocycles. The molecular formula is C36H29ClF6N8O4S. The lowest BCUT2D eigenvalue weighted by Crippen LogP contribution is -2.35. The zero-order valence-electron chi connectivity index (χ0n) is 29.3. The molecule has 0 aliphatic heterocycles. The molecule has 4 heterocycles. The molecule has 6 aromatic rings. The number of benzene rings is 2. The average Bonchev–Trinajstić information content (AvgIpc) is 3.98. The smallest absolute Gasteiger partial charge is 0.293 e. The second-order valence-electron chi connectivity index (χ2n) is 14.5. The number of alkyl halides is 4. The van der Waals surface area contributed by atoms with Gasteiger partial charge in [-0.25, -0.2) is 35.9 Å². The van der Waals surface area contributed by atoms with E-state index in [2.05, 4.69) is 25.2 Å². The van der Waals surface area contributed by atoms with Gasteiger partial charge in [0, 0.05) is 41.6 Å². The van der Waals surface area contributed by atoms with Crippen LogP contribution in [0.2, 0.25) is 5.02 Å². The third-order valence-electron chi connectivity index (χ3n) is 10.4. The SMILES string of the molecule is Cn1nc(NS(C)(=O)=O)c2c(Cl)ccc(-c3cc4nc(C5CC5)oc4nc3[C@H](Cc3cc(F)cc(F)c3)NC(=O)Cn3nc(C(F)F)c4c3C(F)(F)[C@@H]3C[C@H]43)c21. The van der Waals surface area contributed by atoms with Crippen molar-refractivity contribution >= 4 is 55.5 Å². The van der Waals surface area contributed by atoms with Crippen molar-refractivity contribution in [2.24, 2.45) is 13.0 Å². The molecule has 0 radical (unpaired) electrons. The fourth-order valence-electron chi connectivity index (χ4n) is 7.86. The molecule has 4 aromatic heterocycles. The third-order valence-corrected chi connectivity index (χ3v) is 11.2. The van der Waals surface area contributed by atoms with Gasteiger partial charge in [0.05, 0.1) is 33.9 Å². The summed E-state index contributed by atoms with van der Waals surface area (Å²) in [7, 11) is -2.27. The molecule has 20 heteroatoms. The molecule has 2 N–H and O–H groups in total. The monoisotopic (exact) mass is 818 g/mol. The molecule has 2 fully saturated rings. The number of halogens is 7. The van der Waals surface area contributed by atoms with E-state index < -0.39 is 75.7 Å². The van der Waals surface area contributed by atoms with Crippen molar-refractivity contribution in [2.75, 3.05) is 11.0 Å². The minimum atomic E-state index is -3.82. The molecule has 56 heavy (non-hydrogen) atoms. The maximum absolute atomic E-state index is 15.4. The molecular weight excluding hydrogens is 790 g/mol. The van der Waals surface area contributed by atoms with Crippen LogP contribution in [0.4, 0.5) is 32.2 Å². The summed E-state index contributed by atoms with van der Waals surface area (Å²) < 4.78 is 123. The van der Waals surface area contributed by atoms with E-state index in [0.717, 1.165) is 31.2 Å². The van der Waals surface area contributed by atoms with E-state index in [1.54, 1.807) is 19.2 Å². The number of rotatable bonds is 11. The summed E-state index contributed by atoms with van der Waals surface area (Å²) in [4.78, 5) is 23.4. The van der Waals surface area contributed by atoms with Gasteiger partial charge in [-0.2, -0.15) is 19.0 Å². The van der Waals surface area contributed by atoms with Crippen molar-refractivity contribution in [3.63, 3.8) is 0 Å². The van der Waals surface area contributed by atoms with Crippen LogP contribution in [0.5, 0.6) is 0 Å². The van der Waals surface area contributed by atoms with E-state index in [-0.39, 0.29) is 63.1 Å². The summed E-state index contributed by atoms with van der Waals surface area (Å²) >= 11 is 6.61. The highest BCUT2D eigenvalue weighted by Gasteiger charge is 2.67. The molecule has 0 bridgehead atoms. The van der Waals surface area contributed by atoms with Gasteiger partial charge in [-0.1, -0.05) is 17.7 Å². The van der Waals surface area contributed by atoms with Crippen LogP contribution >= 0.6 is 11.6 Å². The summed E-state index contributed by atoms with van der Waals surface area (Å²) in [6.45, 7) is -0.892. The second kappa shape index (κ2) is 12.7. The van der Waals surface area contributed by atoms with Crippen LogP contribution in [0.25, 0.3) is 33.3 Å². The number of sulfonamides is 1. The number of amides is 1. The Bertz CT molecular complexity index is 2730. The second-order valence-corrected chi connectivity index (χ2v) is 16.7. The van der Waals surface area contributed by atoms with Gasteiger partial charge < -0.3 is 9.73 Å². The maximum Gasteiger partial charge on any atom is 0.293 e. The molecule has 3 aliphatic carbocycles. The largest absolute Gasteiger partial charge is 0.422 e. The van der Waals surface area contributed by atoms with E-state index >= 15 is 8.78 Å². The van der Waals surface area contributed by atoms with Crippen LogP contribution < -0.4 is 10.0 Å². The lowest BCUT2D eigenvalue weighted by molar-refractivity contribution is -0.123. The number of nitrogens with one attached hydrogen (secondary N) is 2. The van der Waals surface area contributed by atoms with Gasteiger partial charge in [-0.05, 0) is 61.4 Å². The van der Waals surface area contributed by atoms with Crippen LogP contribution in [0.3, 0.4) is 0 Å². The van der Waals surface area contributed by atoms with Gasteiger partial charge >= 0.3 is 0 Å². The Morgan fingerprint density at radius 1 is 1.05 bits per heavy atom. The van der Waals surface area contributed by atoms with E-state index in [4.69, 9.17) is 21.0 Å². The van der Waals surface area contributed by atoms with Crippen LogP contribution in [0, 0.1) is 17.6 Å². The van der Waals surface area contributed by atoms with Crippen LogP contribution in [-0.4, -0.2) is 50.1 Å². The number of oxazole rings is 1. The Balaban J connectivity index is 1.20. The quantitative estimate of drug-likeness (QED) is 0.129. The van der Waals surface area contributed by atoms with Crippen molar-refractivity contribution in [1.82, 2.24) is 34.8 Å². The van der Waals surface area contributed by atoms with E-state index in [9.17, 15) is 30.8 Å². The molecule has 2 saturated carbocycles. The molecule has 3 aliphatic rings. The van der Waals surface area contributed by atoms with E-state index in [1.165, 1.54) is 10.7 Å². The Hall–Kier alpha value is -5.17. The molecule has 1 amide bonds. The first-order valence-electron chi connectivity index (χ1n) is 17.4. The molecule has 292 valence electrons. The Labute approximate surface area is 318 Å². The first-order valence-corrected chi connectivity index (χ1v) is 19.7. The van der Waals surface area contributed by atoms with Crippen molar-refractivity contribution in [2.45, 2.75) is 62.5 Å². The fraction of sp³-hybridized carbons (Fsp3) is 0.361. The van der Waals surface area contributed by atoms with Gasteiger partial charge in [0.25, 0.3) is 12.3 Å². The summed E-state index contributed by atoms with van der Waals surface area (Å²) in [5.74, 6) is -7.79. The number of aryl methyl sites for hydroxylation is 1. The van der Waals surface area contributed by atoms with Gasteiger partial charge in [0.2, 0.25) is 27.5 Å². The lowest BCUT2D eigenvalue weighted by Gasteiger charge is -2.23. The van der Waals surface area contributed by atoms with Gasteiger partial charge in [-0.3, -0.25) is 18.9 Å². The summed E-state index contributed by atoms with van der Waals surface area (Å²) in [6.07, 6.45) is -0.810. The van der Waals surface area contributed by atoms with Crippen molar-refractivity contribution < 1.29 is 44.0 Å². The van der Waals surface area contributed by atoms with Gasteiger partial charge in [-0.15, -0.1) is 0 Å². The summed E-state index contributed by atoms with van der Waals surface area (Å²) in [6, 6.07) is 6.22. The average molecular weight is 819 g/mol. The number of anilines is 1. The Kier molecular flexibility index (Phi) is 8.25. The summed E-state index contributed by atoms with van der Waals surface area (Å²) in [5, 5.41) is 11.2. The maximum atomic E-state index is 15.4. The number of aromatic nitrogens is 6. The zero-order chi connectivity index (χ0) is 39.6. The van der Waals surface area contributed by atoms with Crippen molar-refractivity contribution in [1.29, 1.82) is 0 Å². The van der Waals surface area contributed by atoms with Gasteiger partial charge in [0.1, 0.15) is 35.1 Å². The number of carbonyl (C=O) groups excluding carboxylic acids is 1. The van der Waals surface area contributed by atoms with E-state index in [1.807, 2.05) is 0 Å². The number of hydrogen-bond donors (Lipinski definition) is 2. The van der Waals surface area contributed by atoms with Gasteiger partial charge in [0.15, 0.2) is 5.82 Å². The van der Waals surface area contributed by atoms with Crippen molar-refractivity contribution in [3.8, 4) is 11.1 Å². The lowest BCUT2D eigenvalue weighted by atomic mass is 9.94. The zero-order valence-corrected chi connectivity index (χ0v) is 30.8. The molecule has 2 aromatic carbocycles. The van der Waals surface area contributed by atoms with E-state index in [0.29, 0.717) is 33.2 Å². The highest BCUT2D eigenvalue weighted by atomic mass is 35.5. The standard InChI is InChI=1S/C36H29ClF6N8O4S/c1-50-30-18(5-6-22(37)27(30)33(48-50)49-56(2,53)54)19-12-24-35(55-34(45-24)15-3-4-15)46-28(19)23(9-14-7-16(38)10-17(39)8-14)44-25(52)13-51-31-26(29(47-51)32(40)41)20-11-21(20)36(31,42)43/h5-8,10,12,15,20-21,23,32H,3-4,9,11,13H2,1-2H3,(H,44,52)(H,48,49)/t20-,21+,23-/m0/s1. The highest BCUT2D eigenvalue weighted by Crippen LogP contribution is 2.68. The minimum absolute atomic E-state index is 0.0331. The Morgan fingerprint density at radius 2 is 1.79 bits per heavy atom. The fourth-order valence-corrected chi connectivity index (χ4v) is 8.59. The molecule has 3 atom stereocenters. The molecule has 9 rings (SSSR count). The minimum Gasteiger partial charge on any atom is -0.422 e. The normalized spacial score (nSPS) is 19.1. The van der Waals surface area contributed by atoms with Crippen LogP contribution in [0.1, 0.15) is 77.7 Å². The predicted molar refractivity (Wildman–Crippen MR) is 190 cm³/mol. The summed E-state index contributed by atoms with van der Waals surface area (Å²) in [5.41, 5.74) is -0.265. The number of carbonyl (C=O) groups is 1. The number of fused-ring (bicyclic) bond motifs is 5. The third kappa shape index (κ3) is 6.24. The van der Waals surface area contributed by atoms with Crippen molar-refractivity contribution in [3.05, 3.63) is 87.2 Å². The van der Waals surface area contributed by atoms with Crippen LogP contribution in [-0.2, 0) is 40.8 Å². The highest BCUT2D eigenvalue weighted by molar-refractivity contribution is 7.92. The molecule has 0 unspecified atom stereocenters. The van der Waals surface area contributed by atoms with Crippen LogP contribution in [0.15, 0.2) is 40.8 Å². The first-order chi connectivity index (χ1) is 26.5. The molecule has 0 spiro atoms. The predicted octanol–water partition coefficient (Wildman–Crippen LogP) is 7.40. The Morgan fingerprint density at radius 3 is 2.46 bits per heavy atom. The first kappa shape index (κ1) is 36.5. The number of pyridine rings is 1. The topological polar surface area (TPSA) is 150 Å².